The maximum absolute atomic E-state index is 12.1. The highest BCUT2D eigenvalue weighted by atomic mass is 16.5. The number of ether oxygens (including phenoxy) is 2. The van der Waals surface area contributed by atoms with Crippen molar-refractivity contribution in [3.63, 3.8) is 0 Å². The van der Waals surface area contributed by atoms with Crippen LogP contribution in [0.2, 0.25) is 0 Å². The van der Waals surface area contributed by atoms with Gasteiger partial charge < -0.3 is 9.47 Å². The van der Waals surface area contributed by atoms with Crippen molar-refractivity contribution in [2.24, 2.45) is 11.8 Å². The van der Waals surface area contributed by atoms with Gasteiger partial charge in [-0.1, -0.05) is 32.8 Å². The molecule has 0 aromatic rings. The first-order valence-electron chi connectivity index (χ1n) is 6.93. The second-order valence-corrected chi connectivity index (χ2v) is 5.12. The van der Waals surface area contributed by atoms with Crippen molar-refractivity contribution in [2.75, 3.05) is 6.61 Å². The van der Waals surface area contributed by atoms with E-state index in [2.05, 4.69) is 6.58 Å². The third-order valence-corrected chi connectivity index (χ3v) is 3.89. The van der Waals surface area contributed by atoms with Gasteiger partial charge in [-0.15, -0.1) is 0 Å². The first-order valence-corrected chi connectivity index (χ1v) is 6.93. The van der Waals surface area contributed by atoms with Crippen LogP contribution in [0.25, 0.3) is 0 Å². The van der Waals surface area contributed by atoms with E-state index < -0.39 is 0 Å². The Hall–Kier alpha value is -1.25. The number of hydrogen-bond acceptors (Lipinski definition) is 3. The van der Waals surface area contributed by atoms with Gasteiger partial charge in [0.1, 0.15) is 11.5 Å². The number of allylic oxidation sites excluding steroid dienone is 2. The van der Waals surface area contributed by atoms with Gasteiger partial charge in [0.2, 0.25) is 0 Å². The predicted octanol–water partition coefficient (Wildman–Crippen LogP) is 3.56. The molecule has 0 bridgehead atoms. The molecule has 3 heteroatoms. The molecule has 1 saturated carbocycles. The lowest BCUT2D eigenvalue weighted by molar-refractivity contribution is -0.139. The van der Waals surface area contributed by atoms with Crippen molar-refractivity contribution in [2.45, 2.75) is 46.0 Å². The van der Waals surface area contributed by atoms with E-state index in [1.165, 1.54) is 19.3 Å². The number of rotatable bonds is 3. The van der Waals surface area contributed by atoms with E-state index in [9.17, 15) is 4.79 Å². The fraction of sp³-hybridized carbons (Fsp3) is 0.667. The van der Waals surface area contributed by atoms with Crippen LogP contribution in [0.1, 0.15) is 46.0 Å². The SMILES string of the molecule is C=C1OC(C2CCCCC2)=C(C(=O)OCC)[C@H]1C. The first-order chi connectivity index (χ1) is 8.65. The summed E-state index contributed by atoms with van der Waals surface area (Å²) in [5.74, 6) is 1.62. The van der Waals surface area contributed by atoms with E-state index in [1.807, 2.05) is 13.8 Å². The molecule has 1 aliphatic carbocycles. The van der Waals surface area contributed by atoms with Crippen LogP contribution >= 0.6 is 0 Å². The average Bonchev–Trinajstić information content (AvgIpc) is 2.67. The van der Waals surface area contributed by atoms with E-state index in [0.717, 1.165) is 18.6 Å². The van der Waals surface area contributed by atoms with E-state index in [-0.39, 0.29) is 11.9 Å². The summed E-state index contributed by atoms with van der Waals surface area (Å²) in [6.07, 6.45) is 5.94. The molecule has 100 valence electrons. The van der Waals surface area contributed by atoms with E-state index >= 15 is 0 Å². The molecule has 1 aliphatic heterocycles. The molecular formula is C15H22O3. The molecule has 0 aromatic carbocycles. The third kappa shape index (κ3) is 2.45. The monoisotopic (exact) mass is 250 g/mol. The van der Waals surface area contributed by atoms with Crippen LogP contribution in [0.3, 0.4) is 0 Å². The van der Waals surface area contributed by atoms with Crippen molar-refractivity contribution in [3.05, 3.63) is 23.7 Å². The van der Waals surface area contributed by atoms with Crippen LogP contribution in [0, 0.1) is 11.8 Å². The number of carbonyl (C=O) groups excluding carboxylic acids is 1. The maximum atomic E-state index is 12.1. The molecule has 0 saturated heterocycles. The lowest BCUT2D eigenvalue weighted by atomic mass is 9.85. The van der Waals surface area contributed by atoms with Crippen LogP contribution in [-0.4, -0.2) is 12.6 Å². The van der Waals surface area contributed by atoms with Gasteiger partial charge in [0.15, 0.2) is 0 Å². The summed E-state index contributed by atoms with van der Waals surface area (Å²) < 4.78 is 10.9. The fourth-order valence-electron chi connectivity index (χ4n) is 2.81. The van der Waals surface area contributed by atoms with Crippen LogP contribution in [0.5, 0.6) is 0 Å². The number of esters is 1. The van der Waals surface area contributed by atoms with Crippen LogP contribution in [0.4, 0.5) is 0 Å². The molecule has 0 radical (unpaired) electrons. The Kier molecular flexibility index (Phi) is 4.10. The lowest BCUT2D eigenvalue weighted by Crippen LogP contribution is -2.16. The van der Waals surface area contributed by atoms with Crippen molar-refractivity contribution < 1.29 is 14.3 Å². The van der Waals surface area contributed by atoms with Crippen molar-refractivity contribution in [3.8, 4) is 0 Å². The molecule has 0 N–H and O–H groups in total. The number of hydrogen-bond donors (Lipinski definition) is 0. The molecule has 18 heavy (non-hydrogen) atoms. The normalized spacial score (nSPS) is 25.2. The average molecular weight is 250 g/mol. The van der Waals surface area contributed by atoms with Crippen molar-refractivity contribution >= 4 is 5.97 Å². The summed E-state index contributed by atoms with van der Waals surface area (Å²) in [5.41, 5.74) is 0.703. The summed E-state index contributed by atoms with van der Waals surface area (Å²) in [6, 6.07) is 0. The summed E-state index contributed by atoms with van der Waals surface area (Å²) in [7, 11) is 0. The number of carbonyl (C=O) groups is 1. The van der Waals surface area contributed by atoms with E-state index in [1.54, 1.807) is 0 Å². The molecule has 1 atom stereocenters. The fourth-order valence-corrected chi connectivity index (χ4v) is 2.81. The second kappa shape index (κ2) is 5.59. The van der Waals surface area contributed by atoms with Gasteiger partial charge in [-0.2, -0.15) is 0 Å². The van der Waals surface area contributed by atoms with Crippen molar-refractivity contribution in [1.82, 2.24) is 0 Å². The van der Waals surface area contributed by atoms with Crippen LogP contribution < -0.4 is 0 Å². The van der Waals surface area contributed by atoms with Gasteiger partial charge in [0.25, 0.3) is 0 Å². The van der Waals surface area contributed by atoms with E-state index in [0.29, 0.717) is 23.9 Å². The Morgan fingerprint density at radius 1 is 1.39 bits per heavy atom. The predicted molar refractivity (Wildman–Crippen MR) is 69.6 cm³/mol. The molecule has 0 unspecified atom stereocenters. The van der Waals surface area contributed by atoms with Gasteiger partial charge in [-0.25, -0.2) is 4.79 Å². The Bertz CT molecular complexity index is 375. The Morgan fingerprint density at radius 2 is 2.06 bits per heavy atom. The van der Waals surface area contributed by atoms with Gasteiger partial charge in [0.05, 0.1) is 12.2 Å². The minimum absolute atomic E-state index is 0.0408. The Balaban J connectivity index is 2.25. The summed E-state index contributed by atoms with van der Waals surface area (Å²) >= 11 is 0. The molecular weight excluding hydrogens is 228 g/mol. The van der Waals surface area contributed by atoms with Crippen LogP contribution in [0.15, 0.2) is 23.7 Å². The smallest absolute Gasteiger partial charge is 0.338 e. The zero-order chi connectivity index (χ0) is 13.1. The highest BCUT2D eigenvalue weighted by Crippen LogP contribution is 2.42. The Labute approximate surface area is 109 Å². The molecule has 3 nitrogen and oxygen atoms in total. The molecule has 1 fully saturated rings. The zero-order valence-electron chi connectivity index (χ0n) is 11.3. The van der Waals surface area contributed by atoms with Crippen LogP contribution in [-0.2, 0) is 14.3 Å². The first kappa shape index (κ1) is 13.2. The summed E-state index contributed by atoms with van der Waals surface area (Å²) in [5, 5.41) is 0. The molecule has 0 aromatic heterocycles. The van der Waals surface area contributed by atoms with Gasteiger partial charge in [-0.05, 0) is 19.8 Å². The summed E-state index contributed by atoms with van der Waals surface area (Å²) in [4.78, 5) is 12.1. The van der Waals surface area contributed by atoms with Gasteiger partial charge >= 0.3 is 5.97 Å². The minimum atomic E-state index is -0.232. The Morgan fingerprint density at radius 3 is 2.67 bits per heavy atom. The molecule has 2 rings (SSSR count). The molecule has 0 amide bonds. The molecule has 1 heterocycles. The standard InChI is InChI=1S/C15H22O3/c1-4-17-15(16)13-10(2)11(3)18-14(13)12-8-6-5-7-9-12/h10,12H,3-9H2,1-2H3/t10-/m0/s1. The highest BCUT2D eigenvalue weighted by molar-refractivity contribution is 5.91. The largest absolute Gasteiger partial charge is 0.465 e. The third-order valence-electron chi connectivity index (χ3n) is 3.89. The maximum Gasteiger partial charge on any atom is 0.338 e. The molecule has 2 aliphatic rings. The lowest BCUT2D eigenvalue weighted by Gasteiger charge is -2.22. The van der Waals surface area contributed by atoms with Gasteiger partial charge in [-0.3, -0.25) is 0 Å². The minimum Gasteiger partial charge on any atom is -0.465 e. The molecule has 0 spiro atoms. The summed E-state index contributed by atoms with van der Waals surface area (Å²) in [6.45, 7) is 8.09. The second-order valence-electron chi connectivity index (χ2n) is 5.12. The topological polar surface area (TPSA) is 35.5 Å². The zero-order valence-corrected chi connectivity index (χ0v) is 11.3. The van der Waals surface area contributed by atoms with E-state index in [4.69, 9.17) is 9.47 Å². The van der Waals surface area contributed by atoms with Crippen molar-refractivity contribution in [1.29, 1.82) is 0 Å². The quantitative estimate of drug-likeness (QED) is 0.718. The van der Waals surface area contributed by atoms with Gasteiger partial charge in [0, 0.05) is 11.8 Å². The highest BCUT2D eigenvalue weighted by Gasteiger charge is 2.37.